The molecular formula is C13H19BrN2O3. The fourth-order valence-corrected chi connectivity index (χ4v) is 1.78. The molecule has 1 atom stereocenters. The van der Waals surface area contributed by atoms with E-state index in [4.69, 9.17) is 4.74 Å². The van der Waals surface area contributed by atoms with E-state index in [0.29, 0.717) is 25.4 Å². The highest BCUT2D eigenvalue weighted by molar-refractivity contribution is 9.10. The molecule has 0 radical (unpaired) electrons. The first-order chi connectivity index (χ1) is 9.08. The van der Waals surface area contributed by atoms with Gasteiger partial charge >= 0.3 is 0 Å². The van der Waals surface area contributed by atoms with E-state index < -0.39 is 6.10 Å². The molecule has 0 saturated heterocycles. The van der Waals surface area contributed by atoms with Crippen molar-refractivity contribution < 1.29 is 14.6 Å². The highest BCUT2D eigenvalue weighted by Crippen LogP contribution is 2.17. The Morgan fingerprint density at radius 1 is 1.47 bits per heavy atom. The van der Waals surface area contributed by atoms with Gasteiger partial charge in [-0.05, 0) is 18.2 Å². The molecule has 0 fully saturated rings. The summed E-state index contributed by atoms with van der Waals surface area (Å²) in [6, 6.07) is 7.46. The lowest BCUT2D eigenvalue weighted by Gasteiger charge is -2.13. The minimum atomic E-state index is -0.587. The number of hydrogen-bond acceptors (Lipinski definition) is 4. The lowest BCUT2D eigenvalue weighted by molar-refractivity contribution is -0.118. The van der Waals surface area contributed by atoms with Gasteiger partial charge in [0.05, 0.1) is 0 Å². The maximum atomic E-state index is 10.6. The van der Waals surface area contributed by atoms with Gasteiger partial charge in [0.2, 0.25) is 5.91 Å². The van der Waals surface area contributed by atoms with Gasteiger partial charge in [0.15, 0.2) is 0 Å². The van der Waals surface area contributed by atoms with E-state index in [9.17, 15) is 9.90 Å². The second-order valence-electron chi connectivity index (χ2n) is 4.11. The molecule has 1 rings (SSSR count). The molecule has 19 heavy (non-hydrogen) atoms. The maximum Gasteiger partial charge on any atom is 0.216 e. The molecule has 0 spiro atoms. The minimum absolute atomic E-state index is 0.0552. The maximum absolute atomic E-state index is 10.6. The van der Waals surface area contributed by atoms with Gasteiger partial charge in [0.25, 0.3) is 0 Å². The molecule has 0 heterocycles. The summed E-state index contributed by atoms with van der Waals surface area (Å²) in [4.78, 5) is 10.6. The molecule has 0 aliphatic rings. The van der Waals surface area contributed by atoms with Gasteiger partial charge in [-0.3, -0.25) is 4.79 Å². The zero-order chi connectivity index (χ0) is 14.1. The molecule has 0 bridgehead atoms. The van der Waals surface area contributed by atoms with Crippen molar-refractivity contribution in [2.75, 3.05) is 26.2 Å². The zero-order valence-electron chi connectivity index (χ0n) is 10.9. The first-order valence-electron chi connectivity index (χ1n) is 6.09. The Morgan fingerprint density at radius 2 is 2.26 bits per heavy atom. The number of aliphatic hydroxyl groups is 1. The molecule has 1 aromatic carbocycles. The van der Waals surface area contributed by atoms with Gasteiger partial charge in [-0.15, -0.1) is 0 Å². The summed E-state index contributed by atoms with van der Waals surface area (Å²) in [5.74, 6) is 0.659. The Labute approximate surface area is 121 Å². The van der Waals surface area contributed by atoms with E-state index in [1.165, 1.54) is 6.92 Å². The van der Waals surface area contributed by atoms with Gasteiger partial charge in [-0.25, -0.2) is 0 Å². The third-order valence-corrected chi connectivity index (χ3v) is 2.79. The van der Waals surface area contributed by atoms with E-state index in [-0.39, 0.29) is 12.5 Å². The number of benzene rings is 1. The quantitative estimate of drug-likeness (QED) is 0.620. The average molecular weight is 331 g/mol. The Hall–Kier alpha value is -1.11. The molecule has 0 aliphatic heterocycles. The number of nitrogens with one attached hydrogen (secondary N) is 2. The van der Waals surface area contributed by atoms with Gasteiger partial charge in [0.1, 0.15) is 18.5 Å². The predicted molar refractivity (Wildman–Crippen MR) is 77.2 cm³/mol. The van der Waals surface area contributed by atoms with Crippen LogP contribution in [-0.2, 0) is 4.79 Å². The summed E-state index contributed by atoms with van der Waals surface area (Å²) in [6.45, 7) is 3.29. The summed E-state index contributed by atoms with van der Waals surface area (Å²) >= 11 is 3.35. The monoisotopic (exact) mass is 330 g/mol. The number of rotatable bonds is 8. The Balaban J connectivity index is 2.11. The lowest BCUT2D eigenvalue weighted by atomic mass is 10.3. The molecule has 0 saturated carbocycles. The van der Waals surface area contributed by atoms with Gasteiger partial charge < -0.3 is 20.5 Å². The van der Waals surface area contributed by atoms with Gasteiger partial charge in [0, 0.05) is 31.0 Å². The van der Waals surface area contributed by atoms with Crippen LogP contribution < -0.4 is 15.4 Å². The smallest absolute Gasteiger partial charge is 0.216 e. The van der Waals surface area contributed by atoms with Gasteiger partial charge in [-0.1, -0.05) is 22.0 Å². The van der Waals surface area contributed by atoms with Crippen LogP contribution in [0.25, 0.3) is 0 Å². The van der Waals surface area contributed by atoms with E-state index in [0.717, 1.165) is 4.47 Å². The molecular weight excluding hydrogens is 312 g/mol. The van der Waals surface area contributed by atoms with Crippen molar-refractivity contribution in [1.82, 2.24) is 10.6 Å². The number of aliphatic hydroxyl groups excluding tert-OH is 1. The van der Waals surface area contributed by atoms with E-state index in [1.54, 1.807) is 0 Å². The highest BCUT2D eigenvalue weighted by Gasteiger charge is 2.04. The van der Waals surface area contributed by atoms with Crippen LogP contribution in [-0.4, -0.2) is 43.4 Å². The minimum Gasteiger partial charge on any atom is -0.491 e. The first kappa shape index (κ1) is 15.9. The van der Waals surface area contributed by atoms with Crippen LogP contribution in [0.4, 0.5) is 0 Å². The van der Waals surface area contributed by atoms with Crippen molar-refractivity contribution in [3.8, 4) is 5.75 Å². The first-order valence-corrected chi connectivity index (χ1v) is 6.89. The molecule has 1 aromatic rings. The molecule has 1 amide bonds. The third-order valence-electron chi connectivity index (χ3n) is 2.29. The molecule has 3 N–H and O–H groups in total. The van der Waals surface area contributed by atoms with E-state index >= 15 is 0 Å². The SMILES string of the molecule is CC(=O)NCCNCC(O)COc1cccc(Br)c1. The van der Waals surface area contributed by atoms with Crippen molar-refractivity contribution in [3.05, 3.63) is 28.7 Å². The summed E-state index contributed by atoms with van der Waals surface area (Å²) in [5.41, 5.74) is 0. The average Bonchev–Trinajstić information content (AvgIpc) is 2.35. The number of ether oxygens (including phenoxy) is 1. The number of halogens is 1. The van der Waals surface area contributed by atoms with Crippen molar-refractivity contribution in [1.29, 1.82) is 0 Å². The lowest BCUT2D eigenvalue weighted by Crippen LogP contribution is -2.36. The van der Waals surface area contributed by atoms with E-state index in [2.05, 4.69) is 26.6 Å². The van der Waals surface area contributed by atoms with Gasteiger partial charge in [-0.2, -0.15) is 0 Å². The normalized spacial score (nSPS) is 11.9. The predicted octanol–water partition coefficient (Wildman–Crippen LogP) is 0.915. The third kappa shape index (κ3) is 7.81. The topological polar surface area (TPSA) is 70.6 Å². The second-order valence-corrected chi connectivity index (χ2v) is 5.02. The van der Waals surface area contributed by atoms with Crippen LogP contribution in [0.3, 0.4) is 0 Å². The molecule has 5 nitrogen and oxygen atoms in total. The fourth-order valence-electron chi connectivity index (χ4n) is 1.40. The van der Waals surface area contributed by atoms with Crippen molar-refractivity contribution in [2.24, 2.45) is 0 Å². The van der Waals surface area contributed by atoms with Crippen molar-refractivity contribution in [2.45, 2.75) is 13.0 Å². The summed E-state index contributed by atoms with van der Waals surface area (Å²) in [6.07, 6.45) is -0.587. The highest BCUT2D eigenvalue weighted by atomic mass is 79.9. The van der Waals surface area contributed by atoms with Crippen LogP contribution >= 0.6 is 15.9 Å². The van der Waals surface area contributed by atoms with Crippen LogP contribution in [0, 0.1) is 0 Å². The number of carbonyl (C=O) groups excluding carboxylic acids is 1. The largest absolute Gasteiger partial charge is 0.491 e. The van der Waals surface area contributed by atoms with Crippen LogP contribution in [0.15, 0.2) is 28.7 Å². The fraction of sp³-hybridized carbons (Fsp3) is 0.462. The Kier molecular flexibility index (Phi) is 7.47. The van der Waals surface area contributed by atoms with Crippen molar-refractivity contribution >= 4 is 21.8 Å². The molecule has 0 aromatic heterocycles. The Morgan fingerprint density at radius 3 is 2.95 bits per heavy atom. The van der Waals surface area contributed by atoms with Crippen LogP contribution in [0.2, 0.25) is 0 Å². The molecule has 0 aliphatic carbocycles. The number of amides is 1. The number of hydrogen-bond donors (Lipinski definition) is 3. The second kappa shape index (κ2) is 8.90. The van der Waals surface area contributed by atoms with Crippen LogP contribution in [0.5, 0.6) is 5.75 Å². The summed E-state index contributed by atoms with van der Waals surface area (Å²) in [7, 11) is 0. The molecule has 6 heteroatoms. The molecule has 1 unspecified atom stereocenters. The summed E-state index contributed by atoms with van der Waals surface area (Å²) < 4.78 is 6.39. The van der Waals surface area contributed by atoms with E-state index in [1.807, 2.05) is 24.3 Å². The number of carbonyl (C=O) groups is 1. The Bertz CT molecular complexity index is 401. The standard InChI is InChI=1S/C13H19BrN2O3/c1-10(17)16-6-5-15-8-12(18)9-19-13-4-2-3-11(14)7-13/h2-4,7,12,15,18H,5-6,8-9H2,1H3,(H,16,17). The molecule has 106 valence electrons. The summed E-state index contributed by atoms with van der Waals surface area (Å²) in [5, 5.41) is 15.4. The van der Waals surface area contributed by atoms with Crippen molar-refractivity contribution in [3.63, 3.8) is 0 Å². The van der Waals surface area contributed by atoms with Crippen LogP contribution in [0.1, 0.15) is 6.92 Å². The zero-order valence-corrected chi connectivity index (χ0v) is 12.4.